The molecular weight excluding hydrogens is 256 g/mol. The molecule has 1 aromatic rings. The van der Waals surface area contributed by atoms with E-state index in [2.05, 4.69) is 5.32 Å². The molecule has 0 saturated carbocycles. The van der Waals surface area contributed by atoms with E-state index in [1.54, 1.807) is 0 Å². The van der Waals surface area contributed by atoms with Crippen LogP contribution in [-0.4, -0.2) is 31.3 Å². The fourth-order valence-electron chi connectivity index (χ4n) is 1.58. The molecule has 0 aliphatic heterocycles. The molecule has 0 heterocycles. The van der Waals surface area contributed by atoms with Gasteiger partial charge in [-0.05, 0) is 32.4 Å². The van der Waals surface area contributed by atoms with Crippen LogP contribution in [0.1, 0.15) is 26.3 Å². The van der Waals surface area contributed by atoms with E-state index in [4.69, 9.17) is 15.2 Å². The lowest BCUT2D eigenvalue weighted by molar-refractivity contribution is -0.121. The van der Waals surface area contributed by atoms with Crippen molar-refractivity contribution in [1.29, 1.82) is 0 Å². The van der Waals surface area contributed by atoms with Crippen molar-refractivity contribution in [1.82, 2.24) is 0 Å². The Hall–Kier alpha value is -1.43. The third kappa shape index (κ3) is 6.65. The van der Waals surface area contributed by atoms with E-state index in [1.165, 1.54) is 0 Å². The van der Waals surface area contributed by atoms with Gasteiger partial charge in [0, 0.05) is 12.2 Å². The maximum atomic E-state index is 11.7. The molecule has 1 amide bonds. The SMILES string of the molecule is CC(C)(C)OCCOCC(=O)Nc1ccccc1CN. The molecule has 5 heteroatoms. The molecule has 0 unspecified atom stereocenters. The zero-order valence-corrected chi connectivity index (χ0v) is 12.4. The molecule has 0 atom stereocenters. The summed E-state index contributed by atoms with van der Waals surface area (Å²) in [4.78, 5) is 11.7. The molecule has 0 aromatic heterocycles. The topological polar surface area (TPSA) is 73.6 Å². The van der Waals surface area contributed by atoms with Crippen LogP contribution in [0.5, 0.6) is 0 Å². The number of carbonyl (C=O) groups excluding carboxylic acids is 1. The van der Waals surface area contributed by atoms with Gasteiger partial charge in [0.2, 0.25) is 5.91 Å². The average molecular weight is 280 g/mol. The molecule has 112 valence electrons. The molecule has 3 N–H and O–H groups in total. The lowest BCUT2D eigenvalue weighted by Gasteiger charge is -2.19. The quantitative estimate of drug-likeness (QED) is 0.748. The highest BCUT2D eigenvalue weighted by Gasteiger charge is 2.10. The Balaban J connectivity index is 2.27. The van der Waals surface area contributed by atoms with Crippen molar-refractivity contribution in [3.05, 3.63) is 29.8 Å². The van der Waals surface area contributed by atoms with E-state index in [0.29, 0.717) is 19.8 Å². The Bertz CT molecular complexity index is 427. The van der Waals surface area contributed by atoms with E-state index >= 15 is 0 Å². The predicted molar refractivity (Wildman–Crippen MR) is 79.5 cm³/mol. The number of nitrogens with two attached hydrogens (primary N) is 1. The summed E-state index contributed by atoms with van der Waals surface area (Å²) in [5.41, 5.74) is 7.05. The molecule has 0 saturated heterocycles. The third-order valence-corrected chi connectivity index (χ3v) is 2.51. The van der Waals surface area contributed by atoms with Gasteiger partial charge in [0.05, 0.1) is 18.8 Å². The maximum Gasteiger partial charge on any atom is 0.250 e. The minimum absolute atomic E-state index is 0.00636. The Morgan fingerprint density at radius 1 is 1.25 bits per heavy atom. The Labute approximate surface area is 120 Å². The molecule has 5 nitrogen and oxygen atoms in total. The second-order valence-corrected chi connectivity index (χ2v) is 5.42. The van der Waals surface area contributed by atoms with Gasteiger partial charge in [0.1, 0.15) is 6.61 Å². The zero-order valence-electron chi connectivity index (χ0n) is 12.4. The molecule has 0 bridgehead atoms. The first-order valence-electron chi connectivity index (χ1n) is 6.72. The first-order chi connectivity index (χ1) is 9.42. The van der Waals surface area contributed by atoms with Crippen molar-refractivity contribution >= 4 is 11.6 Å². The van der Waals surface area contributed by atoms with Crippen molar-refractivity contribution in [2.75, 3.05) is 25.1 Å². The van der Waals surface area contributed by atoms with Gasteiger partial charge in [-0.15, -0.1) is 0 Å². The van der Waals surface area contributed by atoms with Gasteiger partial charge in [0.15, 0.2) is 0 Å². The Morgan fingerprint density at radius 2 is 1.95 bits per heavy atom. The summed E-state index contributed by atoms with van der Waals surface area (Å²) < 4.78 is 10.8. The van der Waals surface area contributed by atoms with E-state index in [1.807, 2.05) is 45.0 Å². The molecule has 1 aromatic carbocycles. The monoisotopic (exact) mass is 280 g/mol. The molecule has 0 fully saturated rings. The third-order valence-electron chi connectivity index (χ3n) is 2.51. The normalized spacial score (nSPS) is 11.4. The number of para-hydroxylation sites is 1. The number of hydrogen-bond donors (Lipinski definition) is 2. The van der Waals surface area contributed by atoms with E-state index in [9.17, 15) is 4.79 Å². The number of nitrogens with one attached hydrogen (secondary N) is 1. The van der Waals surface area contributed by atoms with Crippen LogP contribution < -0.4 is 11.1 Å². The van der Waals surface area contributed by atoms with Gasteiger partial charge >= 0.3 is 0 Å². The van der Waals surface area contributed by atoms with Gasteiger partial charge in [0.25, 0.3) is 0 Å². The summed E-state index contributed by atoms with van der Waals surface area (Å²) in [7, 11) is 0. The molecule has 1 rings (SSSR count). The predicted octanol–water partition coefficient (Wildman–Crippen LogP) is 1.92. The summed E-state index contributed by atoms with van der Waals surface area (Å²) in [6.45, 7) is 7.18. The number of amides is 1. The Kier molecular flexibility index (Phi) is 6.64. The van der Waals surface area contributed by atoms with Gasteiger partial charge in [-0.1, -0.05) is 18.2 Å². The fraction of sp³-hybridized carbons (Fsp3) is 0.533. The van der Waals surface area contributed by atoms with Gasteiger partial charge < -0.3 is 20.5 Å². The Morgan fingerprint density at radius 3 is 2.60 bits per heavy atom. The number of rotatable bonds is 7. The lowest BCUT2D eigenvalue weighted by atomic mass is 10.2. The van der Waals surface area contributed by atoms with Crippen LogP contribution in [0.2, 0.25) is 0 Å². The molecule has 0 spiro atoms. The van der Waals surface area contributed by atoms with Gasteiger partial charge in [-0.25, -0.2) is 0 Å². The van der Waals surface area contributed by atoms with Crippen molar-refractivity contribution in [3.63, 3.8) is 0 Å². The van der Waals surface area contributed by atoms with Crippen molar-refractivity contribution in [2.24, 2.45) is 5.73 Å². The number of benzene rings is 1. The summed E-state index contributed by atoms with van der Waals surface area (Å²) in [6, 6.07) is 7.45. The average Bonchev–Trinajstić information content (AvgIpc) is 2.37. The first kappa shape index (κ1) is 16.6. The van der Waals surface area contributed by atoms with E-state index in [0.717, 1.165) is 11.3 Å². The maximum absolute atomic E-state index is 11.7. The lowest BCUT2D eigenvalue weighted by Crippen LogP contribution is -2.24. The summed E-state index contributed by atoms with van der Waals surface area (Å²) in [5.74, 6) is -0.193. The van der Waals surface area contributed by atoms with Crippen LogP contribution in [0.3, 0.4) is 0 Å². The largest absolute Gasteiger partial charge is 0.373 e. The van der Waals surface area contributed by atoms with Crippen LogP contribution >= 0.6 is 0 Å². The number of hydrogen-bond acceptors (Lipinski definition) is 4. The van der Waals surface area contributed by atoms with Crippen LogP contribution in [0.15, 0.2) is 24.3 Å². The van der Waals surface area contributed by atoms with E-state index < -0.39 is 0 Å². The molecular formula is C15H24N2O3. The van der Waals surface area contributed by atoms with Crippen LogP contribution in [0.25, 0.3) is 0 Å². The standard InChI is InChI=1S/C15H24N2O3/c1-15(2,3)20-9-8-19-11-14(18)17-13-7-5-4-6-12(13)10-16/h4-7H,8-11,16H2,1-3H3,(H,17,18). The van der Waals surface area contributed by atoms with E-state index in [-0.39, 0.29) is 18.1 Å². The minimum atomic E-state index is -0.193. The first-order valence-corrected chi connectivity index (χ1v) is 6.72. The number of carbonyl (C=O) groups is 1. The molecule has 0 aliphatic rings. The molecule has 0 radical (unpaired) electrons. The van der Waals surface area contributed by atoms with Crippen molar-refractivity contribution < 1.29 is 14.3 Å². The molecule has 0 aliphatic carbocycles. The zero-order chi connectivity index (χ0) is 15.0. The van der Waals surface area contributed by atoms with Crippen LogP contribution in [-0.2, 0) is 20.8 Å². The molecule has 20 heavy (non-hydrogen) atoms. The second kappa shape index (κ2) is 7.99. The van der Waals surface area contributed by atoms with Crippen molar-refractivity contribution in [2.45, 2.75) is 32.9 Å². The highest BCUT2D eigenvalue weighted by molar-refractivity contribution is 5.92. The summed E-state index contributed by atoms with van der Waals surface area (Å²) in [6.07, 6.45) is 0. The fourth-order valence-corrected chi connectivity index (χ4v) is 1.58. The van der Waals surface area contributed by atoms with Gasteiger partial charge in [-0.2, -0.15) is 0 Å². The van der Waals surface area contributed by atoms with Crippen LogP contribution in [0, 0.1) is 0 Å². The second-order valence-electron chi connectivity index (χ2n) is 5.42. The number of anilines is 1. The van der Waals surface area contributed by atoms with Gasteiger partial charge in [-0.3, -0.25) is 4.79 Å². The minimum Gasteiger partial charge on any atom is -0.373 e. The summed E-state index contributed by atoms with van der Waals surface area (Å²) in [5, 5.41) is 2.78. The highest BCUT2D eigenvalue weighted by atomic mass is 16.5. The summed E-state index contributed by atoms with van der Waals surface area (Å²) >= 11 is 0. The smallest absolute Gasteiger partial charge is 0.250 e. The van der Waals surface area contributed by atoms with Crippen LogP contribution in [0.4, 0.5) is 5.69 Å². The highest BCUT2D eigenvalue weighted by Crippen LogP contribution is 2.13. The number of ether oxygens (including phenoxy) is 2. The van der Waals surface area contributed by atoms with Crippen molar-refractivity contribution in [3.8, 4) is 0 Å².